The lowest BCUT2D eigenvalue weighted by Gasteiger charge is -2.42. The van der Waals surface area contributed by atoms with Crippen molar-refractivity contribution in [2.45, 2.75) is 25.8 Å². The molecule has 2 saturated heterocycles. The van der Waals surface area contributed by atoms with Crippen LogP contribution in [-0.4, -0.2) is 83.3 Å². The first-order valence-electron chi connectivity index (χ1n) is 12.8. The standard InChI is InChI=1S/C28H32ClN7O.H2O/c1-20-26(19-31-36(20)25-6-3-22(29)4-7-25)28(37)32-23-5-8-27(21(17-23)18-30)35-11-9-24(10-12-35)34-15-13-33(2)14-16-34;/h3-8,17,19,24H,9-16H2,1-2H3,(H,32,37);1H2. The van der Waals surface area contributed by atoms with E-state index in [1.54, 1.807) is 29.1 Å². The van der Waals surface area contributed by atoms with Gasteiger partial charge in [-0.2, -0.15) is 10.4 Å². The van der Waals surface area contributed by atoms with Crippen LogP contribution in [0.1, 0.15) is 34.5 Å². The zero-order chi connectivity index (χ0) is 25.9. The number of piperazine rings is 1. The molecule has 1 aromatic heterocycles. The molecular weight excluding hydrogens is 502 g/mol. The Morgan fingerprint density at radius 1 is 1.05 bits per heavy atom. The monoisotopic (exact) mass is 535 g/mol. The van der Waals surface area contributed by atoms with Crippen LogP contribution in [0.4, 0.5) is 11.4 Å². The molecule has 10 heteroatoms. The van der Waals surface area contributed by atoms with Gasteiger partial charge in [-0.1, -0.05) is 11.6 Å². The summed E-state index contributed by atoms with van der Waals surface area (Å²) in [4.78, 5) is 20.4. The molecular formula is C28H34ClN7O2. The predicted molar refractivity (Wildman–Crippen MR) is 150 cm³/mol. The average Bonchev–Trinajstić information content (AvgIpc) is 3.31. The highest BCUT2D eigenvalue weighted by atomic mass is 35.5. The lowest BCUT2D eigenvalue weighted by atomic mass is 10.0. The average molecular weight is 536 g/mol. The molecule has 3 N–H and O–H groups in total. The predicted octanol–water partition coefficient (Wildman–Crippen LogP) is 3.35. The summed E-state index contributed by atoms with van der Waals surface area (Å²) < 4.78 is 1.71. The topological polar surface area (TPSA) is 112 Å². The van der Waals surface area contributed by atoms with E-state index in [9.17, 15) is 10.1 Å². The Hall–Kier alpha value is -3.42. The van der Waals surface area contributed by atoms with Gasteiger partial charge in [0.25, 0.3) is 5.91 Å². The van der Waals surface area contributed by atoms with Gasteiger partial charge < -0.3 is 20.6 Å². The van der Waals surface area contributed by atoms with Crippen molar-refractivity contribution < 1.29 is 10.3 Å². The van der Waals surface area contributed by atoms with Crippen LogP contribution in [0.25, 0.3) is 5.69 Å². The van der Waals surface area contributed by atoms with Crippen LogP contribution in [0.2, 0.25) is 5.02 Å². The minimum Gasteiger partial charge on any atom is -0.412 e. The van der Waals surface area contributed by atoms with E-state index in [0.717, 1.165) is 69.2 Å². The molecule has 0 spiro atoms. The fourth-order valence-electron chi connectivity index (χ4n) is 5.31. The summed E-state index contributed by atoms with van der Waals surface area (Å²) in [5.74, 6) is -0.262. The Morgan fingerprint density at radius 2 is 1.74 bits per heavy atom. The maximum absolute atomic E-state index is 13.0. The van der Waals surface area contributed by atoms with Crippen molar-refractivity contribution in [2.75, 3.05) is 56.5 Å². The number of benzene rings is 2. The Kier molecular flexibility index (Phi) is 8.69. The van der Waals surface area contributed by atoms with E-state index in [0.29, 0.717) is 27.9 Å². The van der Waals surface area contributed by atoms with Gasteiger partial charge in [0.2, 0.25) is 0 Å². The lowest BCUT2D eigenvalue weighted by Crippen LogP contribution is -2.52. The zero-order valence-corrected chi connectivity index (χ0v) is 22.6. The molecule has 0 unspecified atom stereocenters. The van der Waals surface area contributed by atoms with Crippen LogP contribution in [0.3, 0.4) is 0 Å². The Morgan fingerprint density at radius 3 is 2.39 bits per heavy atom. The van der Waals surface area contributed by atoms with Crippen molar-refractivity contribution in [3.05, 3.63) is 70.5 Å². The first-order valence-corrected chi connectivity index (χ1v) is 13.1. The second kappa shape index (κ2) is 12.0. The third kappa shape index (κ3) is 5.84. The third-order valence-electron chi connectivity index (χ3n) is 7.56. The largest absolute Gasteiger partial charge is 0.412 e. The van der Waals surface area contributed by atoms with Crippen molar-refractivity contribution in [2.24, 2.45) is 0 Å². The van der Waals surface area contributed by atoms with E-state index in [4.69, 9.17) is 11.6 Å². The van der Waals surface area contributed by atoms with Gasteiger partial charge in [0.05, 0.1) is 34.4 Å². The SMILES string of the molecule is Cc1c(C(=O)Nc2ccc(N3CCC(N4CCN(C)CC4)CC3)c(C#N)c2)cnn1-c1ccc(Cl)cc1.O. The van der Waals surface area contributed by atoms with Gasteiger partial charge in [-0.15, -0.1) is 0 Å². The number of likely N-dealkylation sites (N-methyl/N-ethyl adjacent to an activating group) is 1. The molecule has 200 valence electrons. The van der Waals surface area contributed by atoms with Crippen LogP contribution < -0.4 is 10.2 Å². The summed E-state index contributed by atoms with van der Waals surface area (Å²) in [5.41, 5.74) is 4.13. The van der Waals surface area contributed by atoms with E-state index < -0.39 is 0 Å². The van der Waals surface area contributed by atoms with Crippen LogP contribution in [0, 0.1) is 18.3 Å². The lowest BCUT2D eigenvalue weighted by molar-refractivity contribution is 0.0982. The van der Waals surface area contributed by atoms with Crippen molar-refractivity contribution >= 4 is 28.9 Å². The minimum atomic E-state index is -0.262. The summed E-state index contributed by atoms with van der Waals surface area (Å²) in [6.45, 7) is 8.25. The summed E-state index contributed by atoms with van der Waals surface area (Å²) in [5, 5.41) is 17.8. The number of nitrogens with zero attached hydrogens (tertiary/aromatic N) is 6. The van der Waals surface area contributed by atoms with Crippen molar-refractivity contribution in [1.29, 1.82) is 5.26 Å². The molecule has 2 aromatic carbocycles. The number of anilines is 2. The summed E-state index contributed by atoms with van der Waals surface area (Å²) >= 11 is 5.99. The molecule has 2 aliphatic rings. The van der Waals surface area contributed by atoms with E-state index in [2.05, 4.69) is 38.2 Å². The second-order valence-corrected chi connectivity index (χ2v) is 10.3. The number of amides is 1. The van der Waals surface area contributed by atoms with Crippen LogP contribution in [0.15, 0.2) is 48.7 Å². The molecule has 2 fully saturated rings. The first kappa shape index (κ1) is 27.6. The number of nitriles is 1. The van der Waals surface area contributed by atoms with E-state index >= 15 is 0 Å². The first-order chi connectivity index (χ1) is 17.9. The quantitative estimate of drug-likeness (QED) is 0.536. The minimum absolute atomic E-state index is 0. The number of hydrogen-bond donors (Lipinski definition) is 1. The highest BCUT2D eigenvalue weighted by Crippen LogP contribution is 2.29. The number of aromatic nitrogens is 2. The van der Waals surface area contributed by atoms with Crippen LogP contribution >= 0.6 is 11.6 Å². The molecule has 0 radical (unpaired) electrons. The normalized spacial score (nSPS) is 17.1. The summed E-state index contributed by atoms with van der Waals surface area (Å²) in [6.07, 6.45) is 3.76. The van der Waals surface area contributed by atoms with E-state index in [1.807, 2.05) is 31.2 Å². The molecule has 38 heavy (non-hydrogen) atoms. The summed E-state index contributed by atoms with van der Waals surface area (Å²) in [7, 11) is 2.19. The number of nitrogens with one attached hydrogen (secondary N) is 1. The Labute approximate surface area is 228 Å². The number of rotatable bonds is 5. The molecule has 0 atom stereocenters. The molecule has 1 amide bonds. The maximum Gasteiger partial charge on any atom is 0.259 e. The smallest absolute Gasteiger partial charge is 0.259 e. The number of carbonyl (C=O) groups is 1. The van der Waals surface area contributed by atoms with Crippen LogP contribution in [-0.2, 0) is 0 Å². The number of carbonyl (C=O) groups excluding carboxylic acids is 1. The Bertz CT molecular complexity index is 1300. The molecule has 2 aliphatic heterocycles. The number of piperidine rings is 1. The highest BCUT2D eigenvalue weighted by Gasteiger charge is 2.27. The van der Waals surface area contributed by atoms with E-state index in [1.165, 1.54) is 0 Å². The van der Waals surface area contributed by atoms with Gasteiger partial charge in [-0.3, -0.25) is 9.69 Å². The molecule has 0 saturated carbocycles. The molecule has 3 heterocycles. The van der Waals surface area contributed by atoms with Gasteiger partial charge in [0.15, 0.2) is 0 Å². The highest BCUT2D eigenvalue weighted by molar-refractivity contribution is 6.30. The molecule has 9 nitrogen and oxygen atoms in total. The molecule has 5 rings (SSSR count). The van der Waals surface area contributed by atoms with Gasteiger partial charge in [0, 0.05) is 56.0 Å². The zero-order valence-electron chi connectivity index (χ0n) is 21.8. The van der Waals surface area contributed by atoms with Crippen molar-refractivity contribution in [3.8, 4) is 11.8 Å². The van der Waals surface area contributed by atoms with Gasteiger partial charge in [-0.05, 0) is 69.3 Å². The second-order valence-electron chi connectivity index (χ2n) is 9.89. The fraction of sp³-hybridized carbons (Fsp3) is 0.393. The van der Waals surface area contributed by atoms with Gasteiger partial charge in [0.1, 0.15) is 6.07 Å². The molecule has 0 aliphatic carbocycles. The number of halogens is 1. The molecule has 3 aromatic rings. The van der Waals surface area contributed by atoms with Crippen LogP contribution in [0.5, 0.6) is 0 Å². The number of hydrogen-bond acceptors (Lipinski definition) is 6. The summed E-state index contributed by atoms with van der Waals surface area (Å²) in [6, 6.07) is 15.8. The fourth-order valence-corrected chi connectivity index (χ4v) is 5.44. The van der Waals surface area contributed by atoms with Gasteiger partial charge in [-0.25, -0.2) is 4.68 Å². The maximum atomic E-state index is 13.0. The molecule has 0 bridgehead atoms. The Balaban J connectivity index is 0.00000336. The van der Waals surface area contributed by atoms with E-state index in [-0.39, 0.29) is 11.4 Å². The third-order valence-corrected chi connectivity index (χ3v) is 7.81. The van der Waals surface area contributed by atoms with Gasteiger partial charge >= 0.3 is 0 Å². The van der Waals surface area contributed by atoms with Crippen molar-refractivity contribution in [3.63, 3.8) is 0 Å². The van der Waals surface area contributed by atoms with Crippen molar-refractivity contribution in [1.82, 2.24) is 19.6 Å².